The van der Waals surface area contributed by atoms with Crippen LogP contribution >= 0.6 is 23.2 Å². The molecule has 0 heterocycles. The second kappa shape index (κ2) is 7.77. The van der Waals surface area contributed by atoms with Gasteiger partial charge in [0.15, 0.2) is 0 Å². The zero-order valence-electron chi connectivity index (χ0n) is 9.75. The van der Waals surface area contributed by atoms with E-state index in [-0.39, 0.29) is 6.61 Å². The maximum absolute atomic E-state index is 9.63. The lowest BCUT2D eigenvalue weighted by Gasteiger charge is -2.13. The average Bonchev–Trinajstić information content (AvgIpc) is 2.28. The highest BCUT2D eigenvalue weighted by Gasteiger charge is 2.07. The molecule has 2 N–H and O–H groups in total. The summed E-state index contributed by atoms with van der Waals surface area (Å²) < 4.78 is 5.40. The van der Waals surface area contributed by atoms with E-state index in [1.54, 1.807) is 18.2 Å². The van der Waals surface area contributed by atoms with E-state index in [0.717, 1.165) is 13.0 Å². The molecule has 1 aromatic rings. The van der Waals surface area contributed by atoms with Gasteiger partial charge in [-0.1, -0.05) is 30.1 Å². The number of hydrogen-bond donors (Lipinski definition) is 2. The van der Waals surface area contributed by atoms with E-state index in [1.165, 1.54) is 0 Å². The molecule has 1 rings (SSSR count). The fourth-order valence-electron chi connectivity index (χ4n) is 1.28. The van der Waals surface area contributed by atoms with Crippen LogP contribution in [0.3, 0.4) is 0 Å². The van der Waals surface area contributed by atoms with Gasteiger partial charge in [0, 0.05) is 11.6 Å². The first-order valence-corrected chi connectivity index (χ1v) is 6.35. The summed E-state index contributed by atoms with van der Waals surface area (Å²) in [7, 11) is 0. The Balaban J connectivity index is 2.34. The van der Waals surface area contributed by atoms with Crippen molar-refractivity contribution in [1.29, 1.82) is 0 Å². The van der Waals surface area contributed by atoms with Crippen molar-refractivity contribution in [2.45, 2.75) is 19.4 Å². The third kappa shape index (κ3) is 5.59. The minimum absolute atomic E-state index is 0.206. The van der Waals surface area contributed by atoms with Crippen molar-refractivity contribution in [1.82, 2.24) is 5.32 Å². The van der Waals surface area contributed by atoms with Gasteiger partial charge in [-0.05, 0) is 31.2 Å². The van der Waals surface area contributed by atoms with E-state index in [9.17, 15) is 5.11 Å². The molecule has 0 aliphatic rings. The van der Waals surface area contributed by atoms with Gasteiger partial charge in [0.25, 0.3) is 0 Å². The lowest BCUT2D eigenvalue weighted by Crippen LogP contribution is -2.31. The molecule has 0 saturated heterocycles. The van der Waals surface area contributed by atoms with Crippen molar-refractivity contribution in [3.8, 4) is 5.75 Å². The van der Waals surface area contributed by atoms with Gasteiger partial charge in [-0.2, -0.15) is 0 Å². The fraction of sp³-hybridized carbons (Fsp3) is 0.500. The van der Waals surface area contributed by atoms with E-state index >= 15 is 0 Å². The second-order valence-electron chi connectivity index (χ2n) is 3.74. The number of aliphatic hydroxyl groups is 1. The zero-order chi connectivity index (χ0) is 12.7. The van der Waals surface area contributed by atoms with Crippen LogP contribution in [0.15, 0.2) is 18.2 Å². The maximum Gasteiger partial charge on any atom is 0.138 e. The average molecular weight is 278 g/mol. The summed E-state index contributed by atoms with van der Waals surface area (Å²) in [6.45, 7) is 3.68. The van der Waals surface area contributed by atoms with Crippen molar-refractivity contribution < 1.29 is 9.84 Å². The summed E-state index contributed by atoms with van der Waals surface area (Å²) in [4.78, 5) is 0. The maximum atomic E-state index is 9.63. The predicted molar refractivity (Wildman–Crippen MR) is 71.1 cm³/mol. The number of aliphatic hydroxyl groups excluding tert-OH is 1. The second-order valence-corrected chi connectivity index (χ2v) is 4.59. The molecule has 0 saturated carbocycles. The van der Waals surface area contributed by atoms with Crippen LogP contribution in [0.5, 0.6) is 5.75 Å². The van der Waals surface area contributed by atoms with E-state index in [0.29, 0.717) is 22.3 Å². The Bertz CT molecular complexity index is 347. The van der Waals surface area contributed by atoms with Gasteiger partial charge < -0.3 is 15.2 Å². The minimum atomic E-state index is -0.548. The van der Waals surface area contributed by atoms with E-state index in [1.807, 2.05) is 0 Å². The van der Waals surface area contributed by atoms with Crippen LogP contribution in [-0.4, -0.2) is 30.9 Å². The van der Waals surface area contributed by atoms with Gasteiger partial charge >= 0.3 is 0 Å². The van der Waals surface area contributed by atoms with Crippen molar-refractivity contribution >= 4 is 23.2 Å². The number of halogens is 2. The topological polar surface area (TPSA) is 41.5 Å². The summed E-state index contributed by atoms with van der Waals surface area (Å²) in [5, 5.41) is 13.7. The molecule has 3 nitrogen and oxygen atoms in total. The van der Waals surface area contributed by atoms with Gasteiger partial charge in [0.1, 0.15) is 18.5 Å². The molecule has 96 valence electrons. The number of rotatable bonds is 7. The molecule has 1 aromatic carbocycles. The number of nitrogens with one attached hydrogen (secondary N) is 1. The van der Waals surface area contributed by atoms with Gasteiger partial charge in [0.2, 0.25) is 0 Å². The number of ether oxygens (including phenoxy) is 1. The van der Waals surface area contributed by atoms with Crippen LogP contribution in [-0.2, 0) is 0 Å². The first kappa shape index (κ1) is 14.6. The lowest BCUT2D eigenvalue weighted by atomic mass is 10.3. The molecular weight excluding hydrogens is 261 g/mol. The smallest absolute Gasteiger partial charge is 0.138 e. The highest BCUT2D eigenvalue weighted by atomic mass is 35.5. The van der Waals surface area contributed by atoms with Crippen molar-refractivity contribution in [3.05, 3.63) is 28.2 Å². The highest BCUT2D eigenvalue weighted by Crippen LogP contribution is 2.27. The van der Waals surface area contributed by atoms with Gasteiger partial charge in [-0.15, -0.1) is 0 Å². The molecule has 0 aromatic heterocycles. The molecule has 1 atom stereocenters. The minimum Gasteiger partial charge on any atom is -0.489 e. The molecule has 0 fully saturated rings. The quantitative estimate of drug-likeness (QED) is 0.753. The van der Waals surface area contributed by atoms with Crippen molar-refractivity contribution in [3.63, 3.8) is 0 Å². The van der Waals surface area contributed by atoms with Crippen molar-refractivity contribution in [2.24, 2.45) is 0 Å². The molecule has 0 amide bonds. The largest absolute Gasteiger partial charge is 0.489 e. The summed E-state index contributed by atoms with van der Waals surface area (Å²) in [5.41, 5.74) is 0. The molecule has 0 aliphatic carbocycles. The fourth-order valence-corrected chi connectivity index (χ4v) is 1.75. The first-order valence-electron chi connectivity index (χ1n) is 5.60. The Morgan fingerprint density at radius 2 is 2.18 bits per heavy atom. The molecule has 1 unspecified atom stereocenters. The Morgan fingerprint density at radius 3 is 2.82 bits per heavy atom. The Morgan fingerprint density at radius 1 is 1.41 bits per heavy atom. The van der Waals surface area contributed by atoms with Gasteiger partial charge in [-0.3, -0.25) is 0 Å². The third-order valence-electron chi connectivity index (χ3n) is 2.13. The third-order valence-corrected chi connectivity index (χ3v) is 2.66. The van der Waals surface area contributed by atoms with Gasteiger partial charge in [0.05, 0.1) is 5.02 Å². The zero-order valence-corrected chi connectivity index (χ0v) is 11.3. The molecule has 0 aliphatic heterocycles. The van der Waals surface area contributed by atoms with Crippen molar-refractivity contribution in [2.75, 3.05) is 19.7 Å². The van der Waals surface area contributed by atoms with E-state index < -0.39 is 6.10 Å². The van der Waals surface area contributed by atoms with Crippen LogP contribution in [0.25, 0.3) is 0 Å². The summed E-state index contributed by atoms with van der Waals surface area (Å²) in [5.74, 6) is 0.533. The Hall–Kier alpha value is -0.480. The molecule has 0 radical (unpaired) electrons. The standard InChI is InChI=1S/C12H17Cl2NO2/c1-2-5-15-7-10(16)8-17-12-4-3-9(13)6-11(12)14/h3-4,6,10,15-16H,2,5,7-8H2,1H3. The van der Waals surface area contributed by atoms with E-state index in [4.69, 9.17) is 27.9 Å². The molecule has 17 heavy (non-hydrogen) atoms. The SMILES string of the molecule is CCCNCC(O)COc1ccc(Cl)cc1Cl. The molecule has 0 bridgehead atoms. The summed E-state index contributed by atoms with van der Waals surface area (Å²) >= 11 is 11.7. The summed E-state index contributed by atoms with van der Waals surface area (Å²) in [6, 6.07) is 5.00. The lowest BCUT2D eigenvalue weighted by molar-refractivity contribution is 0.106. The highest BCUT2D eigenvalue weighted by molar-refractivity contribution is 6.35. The Labute approximate surface area is 112 Å². The predicted octanol–water partition coefficient (Wildman–Crippen LogP) is 2.73. The molecule has 0 spiro atoms. The van der Waals surface area contributed by atoms with Crippen LogP contribution < -0.4 is 10.1 Å². The monoisotopic (exact) mass is 277 g/mol. The summed E-state index contributed by atoms with van der Waals surface area (Å²) in [6.07, 6.45) is 0.490. The van der Waals surface area contributed by atoms with Crippen LogP contribution in [0.2, 0.25) is 10.0 Å². The van der Waals surface area contributed by atoms with Crippen LogP contribution in [0.1, 0.15) is 13.3 Å². The Kier molecular flexibility index (Phi) is 6.66. The normalized spacial score (nSPS) is 12.5. The van der Waals surface area contributed by atoms with Crippen LogP contribution in [0, 0.1) is 0 Å². The molecule has 5 heteroatoms. The first-order chi connectivity index (χ1) is 8.13. The van der Waals surface area contributed by atoms with Gasteiger partial charge in [-0.25, -0.2) is 0 Å². The molecular formula is C12H17Cl2NO2. The number of benzene rings is 1. The van der Waals surface area contributed by atoms with E-state index in [2.05, 4.69) is 12.2 Å². The number of hydrogen-bond acceptors (Lipinski definition) is 3. The van der Waals surface area contributed by atoms with Crippen LogP contribution in [0.4, 0.5) is 0 Å².